The number of carbonyl (C=O) groups is 3. The summed E-state index contributed by atoms with van der Waals surface area (Å²) >= 11 is 0. The molecule has 1 fully saturated rings. The summed E-state index contributed by atoms with van der Waals surface area (Å²) in [6, 6.07) is -0.333. The van der Waals surface area contributed by atoms with Crippen molar-refractivity contribution in [3.63, 3.8) is 0 Å². The first-order valence-electron chi connectivity index (χ1n) is 9.31. The molecule has 0 radical (unpaired) electrons. The highest BCUT2D eigenvalue weighted by atomic mass is 16.6. The third kappa shape index (κ3) is 6.33. The predicted octanol–water partition coefficient (Wildman–Crippen LogP) is 3.92. The van der Waals surface area contributed by atoms with Crippen LogP contribution in [-0.2, 0) is 19.1 Å². The Labute approximate surface area is 151 Å². The van der Waals surface area contributed by atoms with E-state index in [4.69, 9.17) is 9.47 Å². The van der Waals surface area contributed by atoms with E-state index in [0.29, 0.717) is 6.42 Å². The van der Waals surface area contributed by atoms with Gasteiger partial charge in [-0.25, -0.2) is 9.69 Å². The number of nitrogens with zero attached hydrogens (tertiary/aromatic N) is 1. The molecule has 2 amide bonds. The molecule has 1 rings (SSSR count). The van der Waals surface area contributed by atoms with E-state index < -0.39 is 29.5 Å². The maximum absolute atomic E-state index is 13.0. The monoisotopic (exact) mass is 355 g/mol. The second-order valence-electron chi connectivity index (χ2n) is 8.03. The molecule has 144 valence electrons. The van der Waals surface area contributed by atoms with Crippen molar-refractivity contribution in [3.8, 4) is 0 Å². The van der Waals surface area contributed by atoms with Crippen LogP contribution in [0.15, 0.2) is 0 Å². The van der Waals surface area contributed by atoms with Crippen LogP contribution in [0.2, 0.25) is 0 Å². The molecule has 0 aromatic heterocycles. The van der Waals surface area contributed by atoms with Gasteiger partial charge in [0.05, 0.1) is 6.04 Å². The third-order valence-corrected chi connectivity index (χ3v) is 4.25. The van der Waals surface area contributed by atoms with Gasteiger partial charge in [0.25, 0.3) is 0 Å². The van der Waals surface area contributed by atoms with Gasteiger partial charge in [-0.1, -0.05) is 46.5 Å². The van der Waals surface area contributed by atoms with Crippen LogP contribution in [0.25, 0.3) is 0 Å². The van der Waals surface area contributed by atoms with E-state index in [1.165, 1.54) is 0 Å². The number of cyclic esters (lactones) is 1. The zero-order valence-electron chi connectivity index (χ0n) is 16.5. The largest absolute Gasteiger partial charge is 0.459 e. The third-order valence-electron chi connectivity index (χ3n) is 4.25. The Morgan fingerprint density at radius 1 is 1.24 bits per heavy atom. The number of ether oxygens (including phenoxy) is 2. The Kier molecular flexibility index (Phi) is 7.90. The molecular formula is C19H33NO5. The predicted molar refractivity (Wildman–Crippen MR) is 94.9 cm³/mol. The van der Waals surface area contributed by atoms with E-state index in [1.54, 1.807) is 20.8 Å². The molecule has 0 N–H and O–H groups in total. The first-order chi connectivity index (χ1) is 11.6. The first kappa shape index (κ1) is 21.5. The van der Waals surface area contributed by atoms with Crippen LogP contribution in [-0.4, -0.2) is 41.1 Å². The molecule has 0 spiro atoms. The number of amides is 2. The highest BCUT2D eigenvalue weighted by Gasteiger charge is 2.44. The Bertz CT molecular complexity index is 481. The molecule has 1 aliphatic rings. The van der Waals surface area contributed by atoms with Crippen LogP contribution >= 0.6 is 0 Å². The van der Waals surface area contributed by atoms with Crippen molar-refractivity contribution >= 4 is 18.0 Å². The van der Waals surface area contributed by atoms with Gasteiger partial charge in [0.1, 0.15) is 18.1 Å². The zero-order chi connectivity index (χ0) is 19.2. The van der Waals surface area contributed by atoms with Gasteiger partial charge in [-0.3, -0.25) is 9.59 Å². The normalized spacial score (nSPS) is 19.1. The summed E-state index contributed by atoms with van der Waals surface area (Å²) < 4.78 is 10.5. The van der Waals surface area contributed by atoms with Crippen LogP contribution in [0.5, 0.6) is 0 Å². The first-order valence-corrected chi connectivity index (χ1v) is 9.31. The Morgan fingerprint density at radius 2 is 1.88 bits per heavy atom. The number of unbranched alkanes of at least 4 members (excludes halogenated alkanes) is 3. The van der Waals surface area contributed by atoms with Crippen molar-refractivity contribution < 1.29 is 23.9 Å². The molecule has 2 atom stereocenters. The quantitative estimate of drug-likeness (QED) is 0.375. The molecule has 6 nitrogen and oxygen atoms in total. The second kappa shape index (κ2) is 9.20. The molecule has 0 aliphatic carbocycles. The Balaban J connectivity index is 2.93. The van der Waals surface area contributed by atoms with Gasteiger partial charge >= 0.3 is 12.1 Å². The van der Waals surface area contributed by atoms with Gasteiger partial charge in [0.2, 0.25) is 5.91 Å². The van der Waals surface area contributed by atoms with Gasteiger partial charge in [0.15, 0.2) is 0 Å². The SMILES string of the molecule is CCCCCC[C@@H](C(=O)OC(C)(C)C)C(=O)N1C(=O)OC[C@@H]1C(C)C. The van der Waals surface area contributed by atoms with Crippen molar-refractivity contribution in [2.24, 2.45) is 11.8 Å². The van der Waals surface area contributed by atoms with Gasteiger partial charge in [-0.2, -0.15) is 0 Å². The summed E-state index contributed by atoms with van der Waals surface area (Å²) in [6.07, 6.45) is 3.54. The molecule has 0 aromatic rings. The number of carbonyl (C=O) groups excluding carboxylic acids is 3. The van der Waals surface area contributed by atoms with Gasteiger partial charge in [-0.05, 0) is 33.1 Å². The van der Waals surface area contributed by atoms with Crippen molar-refractivity contribution in [2.45, 2.75) is 85.3 Å². The summed E-state index contributed by atoms with van der Waals surface area (Å²) in [4.78, 5) is 38.7. The summed E-state index contributed by atoms with van der Waals surface area (Å²) in [7, 11) is 0. The Morgan fingerprint density at radius 3 is 2.40 bits per heavy atom. The van der Waals surface area contributed by atoms with Crippen LogP contribution < -0.4 is 0 Å². The molecule has 0 saturated carbocycles. The van der Waals surface area contributed by atoms with Gasteiger partial charge in [0, 0.05) is 0 Å². The smallest absolute Gasteiger partial charge is 0.417 e. The van der Waals surface area contributed by atoms with Crippen molar-refractivity contribution in [3.05, 3.63) is 0 Å². The molecule has 1 saturated heterocycles. The molecule has 0 unspecified atom stereocenters. The zero-order valence-corrected chi connectivity index (χ0v) is 16.5. The summed E-state index contributed by atoms with van der Waals surface area (Å²) in [5.41, 5.74) is -0.679. The molecule has 1 heterocycles. The molecule has 6 heteroatoms. The molecule has 25 heavy (non-hydrogen) atoms. The van der Waals surface area contributed by atoms with Crippen molar-refractivity contribution in [1.82, 2.24) is 4.90 Å². The lowest BCUT2D eigenvalue weighted by molar-refractivity contribution is -0.164. The minimum atomic E-state index is -0.956. The fraction of sp³-hybridized carbons (Fsp3) is 0.842. The second-order valence-corrected chi connectivity index (χ2v) is 8.03. The van der Waals surface area contributed by atoms with Crippen LogP contribution in [0.3, 0.4) is 0 Å². The highest BCUT2D eigenvalue weighted by Crippen LogP contribution is 2.26. The van der Waals surface area contributed by atoms with Gasteiger partial charge in [-0.15, -0.1) is 0 Å². The van der Waals surface area contributed by atoms with E-state index in [0.717, 1.165) is 30.6 Å². The molecule has 0 aromatic carbocycles. The summed E-state index contributed by atoms with van der Waals surface area (Å²) in [5, 5.41) is 0. The van der Waals surface area contributed by atoms with E-state index >= 15 is 0 Å². The lowest BCUT2D eigenvalue weighted by Crippen LogP contribution is -2.47. The van der Waals surface area contributed by atoms with E-state index in [2.05, 4.69) is 6.92 Å². The molecule has 1 aliphatic heterocycles. The van der Waals surface area contributed by atoms with Crippen LogP contribution in [0, 0.1) is 11.8 Å². The lowest BCUT2D eigenvalue weighted by atomic mass is 9.96. The number of esters is 1. The van der Waals surface area contributed by atoms with E-state index in [-0.39, 0.29) is 18.6 Å². The maximum Gasteiger partial charge on any atom is 0.417 e. The standard InChI is InChI=1S/C19H33NO5/c1-7-8-9-10-11-14(17(22)25-19(4,5)6)16(21)20-15(13(2)3)12-24-18(20)23/h13-15H,7-12H2,1-6H3/t14-,15-/m1/s1. The van der Waals surface area contributed by atoms with Crippen molar-refractivity contribution in [2.75, 3.05) is 6.61 Å². The number of hydrogen-bond acceptors (Lipinski definition) is 5. The van der Waals surface area contributed by atoms with Crippen molar-refractivity contribution in [1.29, 1.82) is 0 Å². The summed E-state index contributed by atoms with van der Waals surface area (Å²) in [5.74, 6) is -1.94. The minimum Gasteiger partial charge on any atom is -0.459 e. The van der Waals surface area contributed by atoms with Gasteiger partial charge < -0.3 is 9.47 Å². The average Bonchev–Trinajstić information content (AvgIpc) is 2.86. The molecule has 0 bridgehead atoms. The fourth-order valence-electron chi connectivity index (χ4n) is 2.84. The maximum atomic E-state index is 13.0. The van der Waals surface area contributed by atoms with E-state index in [9.17, 15) is 14.4 Å². The highest BCUT2D eigenvalue weighted by molar-refractivity contribution is 6.04. The number of hydrogen-bond donors (Lipinski definition) is 0. The van der Waals surface area contributed by atoms with Crippen LogP contribution in [0.4, 0.5) is 4.79 Å². The number of rotatable bonds is 8. The topological polar surface area (TPSA) is 72.9 Å². The van der Waals surface area contributed by atoms with E-state index in [1.807, 2.05) is 13.8 Å². The average molecular weight is 355 g/mol. The number of imide groups is 1. The summed E-state index contributed by atoms with van der Waals surface area (Å²) in [6.45, 7) is 11.4. The minimum absolute atomic E-state index is 0.0646. The molecular weight excluding hydrogens is 322 g/mol. The lowest BCUT2D eigenvalue weighted by Gasteiger charge is -2.28. The van der Waals surface area contributed by atoms with Crippen LogP contribution in [0.1, 0.15) is 73.6 Å². The fourth-order valence-corrected chi connectivity index (χ4v) is 2.84. The Hall–Kier alpha value is -1.59.